The molecule has 1 atom stereocenters. The maximum absolute atomic E-state index is 16.0. The van der Waals surface area contributed by atoms with Gasteiger partial charge in [0.05, 0.1) is 31.1 Å². The Morgan fingerprint density at radius 2 is 1.62 bits per heavy atom. The Hall–Kier alpha value is -1.28. The third kappa shape index (κ3) is 4.71. The van der Waals surface area contributed by atoms with Crippen molar-refractivity contribution in [1.82, 2.24) is 0 Å². The van der Waals surface area contributed by atoms with Gasteiger partial charge < -0.3 is 13.8 Å². The Morgan fingerprint density at radius 1 is 1.08 bits per heavy atom. The minimum Gasteiger partial charge on any atom is -0.466 e. The largest absolute Gasteiger partial charge is 0.466 e. The number of ether oxygens (including phenoxy) is 1. The highest BCUT2D eigenvalue weighted by atomic mass is 32.2. The highest BCUT2D eigenvalue weighted by molar-refractivity contribution is 7.99. The van der Waals surface area contributed by atoms with Crippen molar-refractivity contribution in [1.29, 1.82) is 0 Å². The van der Waals surface area contributed by atoms with Crippen LogP contribution in [0.15, 0.2) is 35.2 Å². The lowest BCUT2D eigenvalue weighted by Gasteiger charge is -2.31. The van der Waals surface area contributed by atoms with Crippen molar-refractivity contribution in [3.63, 3.8) is 0 Å². The summed E-state index contributed by atoms with van der Waals surface area (Å²) in [6, 6.07) is 6.73. The van der Waals surface area contributed by atoms with Crippen molar-refractivity contribution in [2.45, 2.75) is 43.3 Å². The molecule has 0 heterocycles. The van der Waals surface area contributed by atoms with E-state index in [0.29, 0.717) is 0 Å². The van der Waals surface area contributed by atoms with Crippen molar-refractivity contribution >= 4 is 23.4 Å². The van der Waals surface area contributed by atoms with Gasteiger partial charge >= 0.3 is 18.3 Å². The average molecular weight is 410 g/mol. The summed E-state index contributed by atoms with van der Waals surface area (Å²) in [6.07, 6.45) is -1.51. The third-order valence-corrected chi connectivity index (χ3v) is 8.97. The molecule has 0 radical (unpaired) electrons. The van der Waals surface area contributed by atoms with Crippen LogP contribution in [0.1, 0.15) is 33.6 Å². The molecule has 1 aromatic carbocycles. The molecule has 0 saturated heterocycles. The van der Waals surface area contributed by atoms with E-state index in [1.165, 1.54) is 38.1 Å². The number of hydrogen-bond donors (Lipinski definition) is 0. The predicted molar refractivity (Wildman–Crippen MR) is 94.2 cm³/mol. The van der Waals surface area contributed by atoms with Crippen molar-refractivity contribution < 1.29 is 36.0 Å². The zero-order valence-corrected chi connectivity index (χ0v) is 16.7. The molecule has 1 aromatic rings. The Bertz CT molecular complexity index is 728. The van der Waals surface area contributed by atoms with Crippen LogP contribution in [0.5, 0.6) is 0 Å². The highest BCUT2D eigenvalue weighted by Crippen LogP contribution is 2.66. The summed E-state index contributed by atoms with van der Waals surface area (Å²) in [5, 5.41) is 0. The number of carbonyl (C=O) groups excluding carboxylic acids is 1. The standard InChI is InChI=1S/C16H24FO7PS/c1-4-22-15(18)12-13-16(17,25(19,23-5-2)24-6-3)26(20,21)14-10-8-7-9-11-14/h7-11H,4-6,12-13H2,1-3H3/t16-/m1/s1. The summed E-state index contributed by atoms with van der Waals surface area (Å²) in [6.45, 7) is 4.03. The lowest BCUT2D eigenvalue weighted by Crippen LogP contribution is -2.36. The molecule has 0 unspecified atom stereocenters. The first-order chi connectivity index (χ1) is 12.2. The molecule has 0 aromatic heterocycles. The predicted octanol–water partition coefficient (Wildman–Crippen LogP) is 3.69. The van der Waals surface area contributed by atoms with Gasteiger partial charge in [-0.05, 0) is 32.9 Å². The van der Waals surface area contributed by atoms with E-state index in [2.05, 4.69) is 0 Å². The number of rotatable bonds is 11. The van der Waals surface area contributed by atoms with Crippen LogP contribution in [-0.2, 0) is 33.0 Å². The Labute approximate surface area is 153 Å². The second kappa shape index (κ2) is 9.60. The van der Waals surface area contributed by atoms with Crippen LogP contribution < -0.4 is 0 Å². The molecular formula is C16H24FO7PS. The molecule has 0 aliphatic heterocycles. The fourth-order valence-corrected chi connectivity index (χ4v) is 6.84. The quantitative estimate of drug-likeness (QED) is 0.405. The van der Waals surface area contributed by atoms with E-state index in [4.69, 9.17) is 13.8 Å². The van der Waals surface area contributed by atoms with E-state index in [0.717, 1.165) is 0 Å². The molecule has 1 rings (SSSR count). The summed E-state index contributed by atoms with van der Waals surface area (Å²) < 4.78 is 66.2. The lowest BCUT2D eigenvalue weighted by molar-refractivity contribution is -0.143. The van der Waals surface area contributed by atoms with Gasteiger partial charge in [0.15, 0.2) is 0 Å². The van der Waals surface area contributed by atoms with E-state index < -0.39 is 41.0 Å². The molecule has 0 spiro atoms. The van der Waals surface area contributed by atoms with Gasteiger partial charge in [0.2, 0.25) is 9.84 Å². The summed E-state index contributed by atoms with van der Waals surface area (Å²) in [5.74, 6) is -0.808. The van der Waals surface area contributed by atoms with E-state index in [1.54, 1.807) is 13.0 Å². The van der Waals surface area contributed by atoms with Gasteiger partial charge in [-0.1, -0.05) is 18.2 Å². The molecule has 26 heavy (non-hydrogen) atoms. The van der Waals surface area contributed by atoms with Crippen LogP contribution in [0.3, 0.4) is 0 Å². The maximum Gasteiger partial charge on any atom is 0.383 e. The number of sulfone groups is 1. The first-order valence-electron chi connectivity index (χ1n) is 8.22. The Morgan fingerprint density at radius 3 is 2.08 bits per heavy atom. The van der Waals surface area contributed by atoms with Crippen LogP contribution in [0.4, 0.5) is 4.39 Å². The molecule has 0 aliphatic rings. The molecule has 0 N–H and O–H groups in total. The highest BCUT2D eigenvalue weighted by Gasteiger charge is 2.62. The monoisotopic (exact) mass is 410 g/mol. The second-order valence-electron chi connectivity index (χ2n) is 5.14. The Balaban J connectivity index is 3.45. The van der Waals surface area contributed by atoms with Crippen molar-refractivity contribution in [3.05, 3.63) is 30.3 Å². The van der Waals surface area contributed by atoms with Crippen LogP contribution in [-0.4, -0.2) is 38.9 Å². The zero-order chi connectivity index (χ0) is 19.8. The van der Waals surface area contributed by atoms with Gasteiger partial charge in [0, 0.05) is 6.42 Å². The topological polar surface area (TPSA) is 96.0 Å². The normalized spacial score (nSPS) is 14.6. The minimum atomic E-state index is -4.80. The van der Waals surface area contributed by atoms with Gasteiger partial charge in [-0.3, -0.25) is 9.36 Å². The summed E-state index contributed by atoms with van der Waals surface area (Å²) in [7, 11) is -9.57. The molecule has 7 nitrogen and oxygen atoms in total. The minimum absolute atomic E-state index is 0.0537. The number of esters is 1. The van der Waals surface area contributed by atoms with Crippen molar-refractivity contribution in [3.8, 4) is 0 Å². The molecule has 10 heteroatoms. The van der Waals surface area contributed by atoms with Crippen molar-refractivity contribution in [2.75, 3.05) is 19.8 Å². The summed E-state index contributed by atoms with van der Waals surface area (Å²) >= 11 is 0. The summed E-state index contributed by atoms with van der Waals surface area (Å²) in [5.41, 5.74) is 0. The molecule has 0 bridgehead atoms. The van der Waals surface area contributed by atoms with E-state index in [9.17, 15) is 17.8 Å². The molecule has 0 saturated carbocycles. The van der Waals surface area contributed by atoms with E-state index in [-0.39, 0.29) is 24.7 Å². The third-order valence-electron chi connectivity index (χ3n) is 3.42. The van der Waals surface area contributed by atoms with Gasteiger partial charge in [0.1, 0.15) is 0 Å². The molecular weight excluding hydrogens is 386 g/mol. The molecule has 148 valence electrons. The number of carbonyl (C=O) groups is 1. The van der Waals surface area contributed by atoms with Gasteiger partial charge in [-0.2, -0.15) is 0 Å². The van der Waals surface area contributed by atoms with Crippen molar-refractivity contribution in [2.24, 2.45) is 0 Å². The fraction of sp³-hybridized carbons (Fsp3) is 0.562. The second-order valence-corrected chi connectivity index (χ2v) is 9.79. The van der Waals surface area contributed by atoms with E-state index >= 15 is 4.39 Å². The van der Waals surface area contributed by atoms with Crippen LogP contribution in [0.2, 0.25) is 0 Å². The van der Waals surface area contributed by atoms with Crippen LogP contribution >= 0.6 is 7.60 Å². The molecule has 0 aliphatic carbocycles. The number of alkyl halides is 1. The molecule has 0 amide bonds. The summed E-state index contributed by atoms with van der Waals surface area (Å²) in [4.78, 5) is 11.3. The number of benzene rings is 1. The first kappa shape index (κ1) is 22.8. The van der Waals surface area contributed by atoms with Gasteiger partial charge in [0.25, 0.3) is 0 Å². The maximum atomic E-state index is 16.0. The van der Waals surface area contributed by atoms with Crippen LogP contribution in [0, 0.1) is 0 Å². The zero-order valence-electron chi connectivity index (χ0n) is 15.0. The molecule has 0 fully saturated rings. The smallest absolute Gasteiger partial charge is 0.383 e. The number of hydrogen-bond acceptors (Lipinski definition) is 7. The van der Waals surface area contributed by atoms with Gasteiger partial charge in [-0.25, -0.2) is 12.8 Å². The first-order valence-corrected chi connectivity index (χ1v) is 11.2. The lowest BCUT2D eigenvalue weighted by atomic mass is 10.3. The number of halogens is 1. The average Bonchev–Trinajstić information content (AvgIpc) is 2.61. The van der Waals surface area contributed by atoms with Gasteiger partial charge in [-0.15, -0.1) is 0 Å². The SMILES string of the molecule is CCOC(=O)CC[C@@](F)(P(=O)(OCC)OCC)S(=O)(=O)c1ccccc1. The Kier molecular flexibility index (Phi) is 8.40. The fourth-order valence-electron chi connectivity index (χ4n) is 2.26. The van der Waals surface area contributed by atoms with E-state index in [1.807, 2.05) is 0 Å². The van der Waals surface area contributed by atoms with Crippen LogP contribution in [0.25, 0.3) is 0 Å².